The first-order valence-corrected chi connectivity index (χ1v) is 13.7. The third kappa shape index (κ3) is 4.36. The molecule has 4 aliphatic rings. The molecule has 3 saturated heterocycles. The summed E-state index contributed by atoms with van der Waals surface area (Å²) in [7, 11) is -3.60. The fraction of sp³-hybridized carbons (Fsp3) is 0.667. The van der Waals surface area contributed by atoms with Gasteiger partial charge in [-0.25, -0.2) is 8.42 Å². The molecule has 9 nitrogen and oxygen atoms in total. The van der Waals surface area contributed by atoms with Crippen molar-refractivity contribution < 1.29 is 27.5 Å². The van der Waals surface area contributed by atoms with Crippen molar-refractivity contribution in [3.05, 3.63) is 23.8 Å². The Kier molecular flexibility index (Phi) is 6.43. The molecule has 3 fully saturated rings. The lowest BCUT2D eigenvalue weighted by Gasteiger charge is -2.38. The zero-order valence-electron chi connectivity index (χ0n) is 19.7. The van der Waals surface area contributed by atoms with E-state index in [9.17, 15) is 18.0 Å². The quantitative estimate of drug-likeness (QED) is 0.638. The van der Waals surface area contributed by atoms with Crippen LogP contribution >= 0.6 is 0 Å². The number of carbonyl (C=O) groups excluding carboxylic acids is 2. The summed E-state index contributed by atoms with van der Waals surface area (Å²) in [6.45, 7) is 4.66. The molecule has 0 N–H and O–H groups in total. The first-order chi connectivity index (χ1) is 16.3. The Morgan fingerprint density at radius 2 is 1.82 bits per heavy atom. The van der Waals surface area contributed by atoms with Gasteiger partial charge in [0.05, 0.1) is 18.1 Å². The van der Waals surface area contributed by atoms with Crippen LogP contribution in [0.5, 0.6) is 0 Å². The second kappa shape index (κ2) is 9.22. The molecule has 1 aromatic carbocycles. The lowest BCUT2D eigenvalue weighted by atomic mass is 10.0. The van der Waals surface area contributed by atoms with Gasteiger partial charge in [-0.15, -0.1) is 0 Å². The van der Waals surface area contributed by atoms with E-state index in [-0.39, 0.29) is 35.7 Å². The molecule has 0 aromatic heterocycles. The van der Waals surface area contributed by atoms with E-state index in [0.29, 0.717) is 57.8 Å². The van der Waals surface area contributed by atoms with Crippen molar-refractivity contribution in [3.8, 4) is 0 Å². The normalized spacial score (nSPS) is 25.6. The molecule has 0 saturated carbocycles. The highest BCUT2D eigenvalue weighted by Gasteiger charge is 2.41. The van der Waals surface area contributed by atoms with Gasteiger partial charge in [0.2, 0.25) is 21.8 Å². The number of amides is 2. The fourth-order valence-corrected chi connectivity index (χ4v) is 7.30. The van der Waals surface area contributed by atoms with E-state index in [1.54, 1.807) is 27.4 Å². The number of benzene rings is 1. The van der Waals surface area contributed by atoms with Gasteiger partial charge in [-0.2, -0.15) is 4.31 Å². The monoisotopic (exact) mass is 491 g/mol. The van der Waals surface area contributed by atoms with Crippen LogP contribution in [0.1, 0.15) is 51.0 Å². The molecule has 4 aliphatic heterocycles. The molecule has 186 valence electrons. The van der Waals surface area contributed by atoms with E-state index in [2.05, 4.69) is 0 Å². The Labute approximate surface area is 201 Å². The predicted octanol–water partition coefficient (Wildman–Crippen LogP) is 1.89. The number of fused-ring (bicyclic) bond motifs is 1. The topological polar surface area (TPSA) is 96.5 Å². The van der Waals surface area contributed by atoms with Gasteiger partial charge in [0.15, 0.2) is 5.79 Å². The second-order valence-electron chi connectivity index (χ2n) is 9.72. The van der Waals surface area contributed by atoms with E-state index in [1.165, 1.54) is 4.90 Å². The van der Waals surface area contributed by atoms with Crippen molar-refractivity contribution in [2.75, 3.05) is 44.3 Å². The number of rotatable bonds is 4. The molecular formula is C24H33N3O6S. The first kappa shape index (κ1) is 23.7. The van der Waals surface area contributed by atoms with Crippen LogP contribution in [0.4, 0.5) is 5.69 Å². The summed E-state index contributed by atoms with van der Waals surface area (Å²) in [6, 6.07) is 4.93. The minimum Gasteiger partial charge on any atom is -0.347 e. The molecule has 0 aliphatic carbocycles. The summed E-state index contributed by atoms with van der Waals surface area (Å²) in [5.41, 5.74) is 1.43. The van der Waals surface area contributed by atoms with E-state index < -0.39 is 15.8 Å². The van der Waals surface area contributed by atoms with Crippen LogP contribution < -0.4 is 4.90 Å². The van der Waals surface area contributed by atoms with Crippen LogP contribution in [-0.4, -0.2) is 80.7 Å². The van der Waals surface area contributed by atoms with Crippen LogP contribution in [0.2, 0.25) is 0 Å². The van der Waals surface area contributed by atoms with Crippen LogP contribution in [-0.2, 0) is 35.5 Å². The molecule has 5 rings (SSSR count). The highest BCUT2D eigenvalue weighted by atomic mass is 32.2. The Morgan fingerprint density at radius 3 is 2.53 bits per heavy atom. The number of ether oxygens (including phenoxy) is 2. The minimum absolute atomic E-state index is 0.0193. The van der Waals surface area contributed by atoms with E-state index in [1.807, 2.05) is 6.92 Å². The molecule has 1 unspecified atom stereocenters. The van der Waals surface area contributed by atoms with Crippen molar-refractivity contribution >= 4 is 27.5 Å². The molecule has 0 radical (unpaired) electrons. The maximum atomic E-state index is 13.3. The van der Waals surface area contributed by atoms with Crippen molar-refractivity contribution in [1.29, 1.82) is 0 Å². The first-order valence-electron chi connectivity index (χ1n) is 12.3. The van der Waals surface area contributed by atoms with Crippen molar-refractivity contribution in [1.82, 2.24) is 9.21 Å². The number of hydrogen-bond acceptors (Lipinski definition) is 6. The van der Waals surface area contributed by atoms with Crippen molar-refractivity contribution in [2.45, 2.75) is 68.6 Å². The Hall–Kier alpha value is -2.01. The fourth-order valence-electron chi connectivity index (χ4n) is 5.55. The molecule has 34 heavy (non-hydrogen) atoms. The maximum Gasteiger partial charge on any atom is 0.243 e. The molecule has 10 heteroatoms. The maximum absolute atomic E-state index is 13.3. The summed E-state index contributed by atoms with van der Waals surface area (Å²) in [5.74, 6) is -0.789. The minimum atomic E-state index is -3.60. The van der Waals surface area contributed by atoms with Gasteiger partial charge in [-0.05, 0) is 49.9 Å². The van der Waals surface area contributed by atoms with Crippen LogP contribution in [0.3, 0.4) is 0 Å². The number of piperidine rings is 2. The van der Waals surface area contributed by atoms with Gasteiger partial charge in [0, 0.05) is 50.6 Å². The summed E-state index contributed by atoms with van der Waals surface area (Å²) >= 11 is 0. The van der Waals surface area contributed by atoms with Gasteiger partial charge in [0.1, 0.15) is 6.54 Å². The van der Waals surface area contributed by atoms with Crippen molar-refractivity contribution in [2.24, 2.45) is 0 Å². The SMILES string of the molecule is CC1CCCCN1S(=O)(=O)c1ccc2c(c1)CCC(=O)N2CC(=O)N1CCC2(CC1)OCCO2. The standard InChI is InChI=1S/C24H33N3O6S/c1-18-4-2-3-11-27(18)34(30,31)20-6-7-21-19(16-20)5-8-22(28)26(21)17-23(29)25-12-9-24(10-13-25)32-14-15-33-24/h6-7,16,18H,2-5,8-15,17H2,1H3. The van der Waals surface area contributed by atoms with Gasteiger partial charge < -0.3 is 19.3 Å². The molecule has 2 amide bonds. The van der Waals surface area contributed by atoms with E-state index in [4.69, 9.17) is 9.47 Å². The van der Waals surface area contributed by atoms with Crippen LogP contribution in [0, 0.1) is 0 Å². The molecule has 1 aromatic rings. The van der Waals surface area contributed by atoms with E-state index >= 15 is 0 Å². The number of likely N-dealkylation sites (tertiary alicyclic amines) is 1. The predicted molar refractivity (Wildman–Crippen MR) is 125 cm³/mol. The smallest absolute Gasteiger partial charge is 0.243 e. The average Bonchev–Trinajstić information content (AvgIpc) is 3.29. The summed E-state index contributed by atoms with van der Waals surface area (Å²) < 4.78 is 39.6. The van der Waals surface area contributed by atoms with Gasteiger partial charge >= 0.3 is 0 Å². The lowest BCUT2D eigenvalue weighted by Crippen LogP contribution is -2.51. The number of hydrogen-bond donors (Lipinski definition) is 0. The average molecular weight is 492 g/mol. The van der Waals surface area contributed by atoms with Crippen molar-refractivity contribution in [3.63, 3.8) is 0 Å². The lowest BCUT2D eigenvalue weighted by molar-refractivity contribution is -0.187. The number of aryl methyl sites for hydroxylation is 1. The highest BCUT2D eigenvalue weighted by Crippen LogP contribution is 2.34. The Morgan fingerprint density at radius 1 is 1.09 bits per heavy atom. The van der Waals surface area contributed by atoms with Gasteiger partial charge in [-0.3, -0.25) is 9.59 Å². The summed E-state index contributed by atoms with van der Waals surface area (Å²) in [5, 5.41) is 0. The number of anilines is 1. The largest absolute Gasteiger partial charge is 0.347 e. The van der Waals surface area contributed by atoms with Gasteiger partial charge in [0.25, 0.3) is 0 Å². The van der Waals surface area contributed by atoms with Crippen LogP contribution in [0.15, 0.2) is 23.1 Å². The third-order valence-electron chi connectivity index (χ3n) is 7.58. The van der Waals surface area contributed by atoms with Gasteiger partial charge in [-0.1, -0.05) is 6.42 Å². The molecule has 1 atom stereocenters. The molecular weight excluding hydrogens is 458 g/mol. The summed E-state index contributed by atoms with van der Waals surface area (Å²) in [4.78, 5) is 29.3. The number of sulfonamides is 1. The zero-order valence-corrected chi connectivity index (χ0v) is 20.5. The third-order valence-corrected chi connectivity index (χ3v) is 9.59. The van der Waals surface area contributed by atoms with E-state index in [0.717, 1.165) is 24.8 Å². The number of carbonyl (C=O) groups is 2. The zero-order chi connectivity index (χ0) is 23.9. The highest BCUT2D eigenvalue weighted by molar-refractivity contribution is 7.89. The molecule has 1 spiro atoms. The van der Waals surface area contributed by atoms with Crippen LogP contribution in [0.25, 0.3) is 0 Å². The summed E-state index contributed by atoms with van der Waals surface area (Å²) in [6.07, 6.45) is 4.76. The number of nitrogens with zero attached hydrogens (tertiary/aromatic N) is 3. The Balaban J connectivity index is 1.31. The Bertz CT molecular complexity index is 1060. The molecule has 4 heterocycles. The molecule has 0 bridgehead atoms. The second-order valence-corrected chi connectivity index (χ2v) is 11.6.